The molecule has 11 N–H and O–H groups in total. The van der Waals surface area contributed by atoms with E-state index in [4.69, 9.17) is 38.2 Å². The van der Waals surface area contributed by atoms with Crippen molar-refractivity contribution in [3.63, 3.8) is 0 Å². The molecule has 3 rings (SSSR count). The van der Waals surface area contributed by atoms with E-state index in [9.17, 15) is 14.4 Å². The van der Waals surface area contributed by atoms with E-state index >= 15 is 0 Å². The number of nitrogens with one attached hydrogen (secondary N) is 5. The van der Waals surface area contributed by atoms with Crippen molar-refractivity contribution in [3.05, 3.63) is 12.2 Å². The minimum Gasteiger partial charge on any atom is -0.336 e. The number of nitrogens with two attached hydrogens (primary N) is 3. The third kappa shape index (κ3) is 23.4. The first-order chi connectivity index (χ1) is 24.7. The van der Waals surface area contributed by atoms with Crippen molar-refractivity contribution in [1.29, 1.82) is 21.0 Å². The van der Waals surface area contributed by atoms with Crippen molar-refractivity contribution in [2.75, 3.05) is 105 Å². The first-order valence-electron chi connectivity index (χ1n) is 17.5. The molecular weight excluding hydrogens is 654 g/mol. The Morgan fingerprint density at radius 1 is 0.745 bits per heavy atom. The van der Waals surface area contributed by atoms with Gasteiger partial charge in [0.1, 0.15) is 0 Å². The molecule has 6 amide bonds. The standard InChI is InChI=1S/C11H25N5O.C11H17N5O.C6H6N2.C5H11N3O/c2*12-3-1-2-10(8-13)9-14-4-6-16-7-5-15-11(16)17;1-6(5-8)3-2-4-7;6-1-3-8-4-2-7-5(8)9/h10,14H,1-9,12-13H2,(H,15,17);10,14H,1-2,4-7,9H2,(H,15,17);1-3H2;1-4,6H2,(H,7,9). The van der Waals surface area contributed by atoms with E-state index in [2.05, 4.69) is 39.2 Å². The molecule has 0 spiro atoms. The van der Waals surface area contributed by atoms with Crippen LogP contribution in [0.5, 0.6) is 0 Å². The Bertz CT molecular complexity index is 1170. The lowest BCUT2D eigenvalue weighted by atomic mass is 10.0. The predicted octanol–water partition coefficient (Wildman–Crippen LogP) is -0.700. The van der Waals surface area contributed by atoms with Crippen molar-refractivity contribution in [3.8, 4) is 24.3 Å². The third-order valence-electron chi connectivity index (χ3n) is 7.81. The summed E-state index contributed by atoms with van der Waals surface area (Å²) in [6.45, 7) is 15.0. The van der Waals surface area contributed by atoms with Gasteiger partial charge in [-0.3, -0.25) is 0 Å². The molecule has 0 aromatic rings. The van der Waals surface area contributed by atoms with Crippen LogP contribution in [0, 0.1) is 57.2 Å². The number of urea groups is 3. The first-order valence-corrected chi connectivity index (χ1v) is 17.5. The molecule has 3 aliphatic heterocycles. The number of rotatable bonds is 20. The first kappa shape index (κ1) is 46.3. The van der Waals surface area contributed by atoms with Gasteiger partial charge in [0.05, 0.1) is 30.2 Å². The summed E-state index contributed by atoms with van der Waals surface area (Å²) in [5.74, 6) is 0.369. The van der Waals surface area contributed by atoms with Gasteiger partial charge in [0.25, 0.3) is 0 Å². The van der Waals surface area contributed by atoms with E-state index in [-0.39, 0.29) is 24.0 Å². The van der Waals surface area contributed by atoms with Crippen molar-refractivity contribution in [2.24, 2.45) is 29.0 Å². The zero-order valence-corrected chi connectivity index (χ0v) is 30.0. The fraction of sp³-hybridized carbons (Fsp3) is 0.727. The van der Waals surface area contributed by atoms with Gasteiger partial charge < -0.3 is 58.5 Å². The van der Waals surface area contributed by atoms with Gasteiger partial charge in [0.2, 0.25) is 0 Å². The molecule has 284 valence electrons. The van der Waals surface area contributed by atoms with Crippen LogP contribution in [-0.2, 0) is 0 Å². The van der Waals surface area contributed by atoms with Crippen LogP contribution in [0.15, 0.2) is 12.2 Å². The minimum atomic E-state index is -0.123. The van der Waals surface area contributed by atoms with E-state index < -0.39 is 0 Å². The predicted molar refractivity (Wildman–Crippen MR) is 194 cm³/mol. The third-order valence-corrected chi connectivity index (χ3v) is 7.81. The van der Waals surface area contributed by atoms with Gasteiger partial charge >= 0.3 is 18.1 Å². The number of allylic oxidation sites excluding steroid dienone is 1. The monoisotopic (exact) mass is 713 g/mol. The highest BCUT2D eigenvalue weighted by atomic mass is 16.2. The summed E-state index contributed by atoms with van der Waals surface area (Å²) in [6, 6.07) is 8.02. The van der Waals surface area contributed by atoms with Crippen LogP contribution in [0.3, 0.4) is 0 Å². The molecule has 0 bridgehead atoms. The Balaban J connectivity index is 0.000000689. The molecule has 3 aliphatic rings. The van der Waals surface area contributed by atoms with Crippen molar-refractivity contribution in [2.45, 2.75) is 38.5 Å². The highest BCUT2D eigenvalue weighted by Gasteiger charge is 2.20. The van der Waals surface area contributed by atoms with Crippen molar-refractivity contribution in [1.82, 2.24) is 41.3 Å². The molecule has 0 saturated carbocycles. The molecule has 2 atom stereocenters. The Labute approximate surface area is 303 Å². The van der Waals surface area contributed by atoms with Gasteiger partial charge in [-0.15, -0.1) is 0 Å². The number of hydrogen-bond acceptors (Lipinski definition) is 12. The summed E-state index contributed by atoms with van der Waals surface area (Å²) < 4.78 is 0. The number of nitrogens with zero attached hydrogens (tertiary/aromatic N) is 7. The van der Waals surface area contributed by atoms with Gasteiger partial charge in [-0.25, -0.2) is 14.4 Å². The van der Waals surface area contributed by atoms with E-state index in [1.165, 1.54) is 0 Å². The molecule has 2 unspecified atom stereocenters. The van der Waals surface area contributed by atoms with E-state index in [0.29, 0.717) is 83.0 Å². The Kier molecular flexibility index (Phi) is 28.4. The molecule has 0 radical (unpaired) electrons. The fourth-order valence-corrected chi connectivity index (χ4v) is 4.76. The smallest absolute Gasteiger partial charge is 0.317 e. The SMILES string of the molecule is C=C(C#N)CCC#N.N#CCCC(C#N)CNCCN1CCNC1=O.NCCCC(CN)CNCCN1CCNC1=O.NCCN1CCNC1=O. The summed E-state index contributed by atoms with van der Waals surface area (Å²) in [5.41, 5.74) is 16.9. The number of amides is 6. The van der Waals surface area contributed by atoms with Gasteiger partial charge in [-0.05, 0) is 51.2 Å². The summed E-state index contributed by atoms with van der Waals surface area (Å²) in [7, 11) is 0. The Morgan fingerprint density at radius 3 is 1.65 bits per heavy atom. The quantitative estimate of drug-likeness (QED) is 0.0574. The van der Waals surface area contributed by atoms with Crippen LogP contribution >= 0.6 is 0 Å². The molecule has 3 heterocycles. The number of nitriles is 4. The van der Waals surface area contributed by atoms with Crippen LogP contribution in [-0.4, -0.2) is 138 Å². The summed E-state index contributed by atoms with van der Waals surface area (Å²) >= 11 is 0. The van der Waals surface area contributed by atoms with Crippen molar-refractivity contribution >= 4 is 18.1 Å². The topological polar surface area (TPSA) is 294 Å². The molecule has 0 aromatic heterocycles. The Hall–Kier alpha value is -4.69. The lowest BCUT2D eigenvalue weighted by Crippen LogP contribution is -2.37. The highest BCUT2D eigenvalue weighted by molar-refractivity contribution is 5.76. The summed E-state index contributed by atoms with van der Waals surface area (Å²) in [6.07, 6.45) is 4.01. The average Bonchev–Trinajstić information content (AvgIpc) is 3.88. The van der Waals surface area contributed by atoms with Crippen LogP contribution in [0.4, 0.5) is 14.4 Å². The van der Waals surface area contributed by atoms with Crippen LogP contribution < -0.4 is 43.8 Å². The van der Waals surface area contributed by atoms with Gasteiger partial charge in [0, 0.05) is 103 Å². The number of carbonyl (C=O) groups is 3. The van der Waals surface area contributed by atoms with Crippen molar-refractivity contribution < 1.29 is 14.4 Å². The highest BCUT2D eigenvalue weighted by Crippen LogP contribution is 2.04. The molecular formula is C33H59N15O3. The second-order valence-corrected chi connectivity index (χ2v) is 11.8. The molecule has 51 heavy (non-hydrogen) atoms. The lowest BCUT2D eigenvalue weighted by Gasteiger charge is -2.17. The van der Waals surface area contributed by atoms with E-state index in [0.717, 1.165) is 71.7 Å². The zero-order valence-electron chi connectivity index (χ0n) is 30.0. The average molecular weight is 714 g/mol. The maximum Gasteiger partial charge on any atom is 0.317 e. The Morgan fingerprint density at radius 2 is 1.25 bits per heavy atom. The van der Waals surface area contributed by atoms with Crippen LogP contribution in [0.2, 0.25) is 0 Å². The van der Waals surface area contributed by atoms with E-state index in [1.807, 2.05) is 23.1 Å². The molecule has 3 fully saturated rings. The summed E-state index contributed by atoms with van der Waals surface area (Å²) in [5, 5.41) is 48.1. The molecule has 18 heteroatoms. The minimum absolute atomic E-state index is 0.0143. The van der Waals surface area contributed by atoms with E-state index in [1.54, 1.807) is 9.80 Å². The van der Waals surface area contributed by atoms with Crippen LogP contribution in [0.1, 0.15) is 38.5 Å². The second-order valence-electron chi connectivity index (χ2n) is 11.8. The molecule has 0 aliphatic carbocycles. The fourth-order valence-electron chi connectivity index (χ4n) is 4.76. The summed E-state index contributed by atoms with van der Waals surface area (Å²) in [4.78, 5) is 38.4. The lowest BCUT2D eigenvalue weighted by molar-refractivity contribution is 0.216. The number of carbonyl (C=O) groups excluding carboxylic acids is 3. The maximum absolute atomic E-state index is 11.3. The van der Waals surface area contributed by atoms with Gasteiger partial charge in [0.15, 0.2) is 0 Å². The van der Waals surface area contributed by atoms with Crippen LogP contribution in [0.25, 0.3) is 0 Å². The largest absolute Gasteiger partial charge is 0.336 e. The molecule has 3 saturated heterocycles. The maximum atomic E-state index is 11.3. The molecule has 0 aromatic carbocycles. The second kappa shape index (κ2) is 31.3. The normalized spacial score (nSPS) is 15.4. The zero-order chi connectivity index (χ0) is 38.1. The number of hydrogen-bond donors (Lipinski definition) is 8. The van der Waals surface area contributed by atoms with Gasteiger partial charge in [-0.1, -0.05) is 6.58 Å². The van der Waals surface area contributed by atoms with Gasteiger partial charge in [-0.2, -0.15) is 21.0 Å². The molecule has 18 nitrogen and oxygen atoms in total.